The lowest BCUT2D eigenvalue weighted by atomic mass is 9.91. The maximum Gasteiger partial charge on any atom is 0.433 e. The lowest BCUT2D eigenvalue weighted by molar-refractivity contribution is -0.0924. The van der Waals surface area contributed by atoms with E-state index in [0.29, 0.717) is 5.71 Å². The van der Waals surface area contributed by atoms with Crippen LogP contribution >= 0.6 is 0 Å². The van der Waals surface area contributed by atoms with Gasteiger partial charge in [-0.15, -0.1) is 0 Å². The summed E-state index contributed by atoms with van der Waals surface area (Å²) in [6, 6.07) is 0. The molecule has 0 N–H and O–H groups in total. The van der Waals surface area contributed by atoms with Gasteiger partial charge in [-0.3, -0.25) is 4.99 Å². The summed E-state index contributed by atoms with van der Waals surface area (Å²) in [6.07, 6.45) is 0.354. The largest absolute Gasteiger partial charge is 0.433 e. The van der Waals surface area contributed by atoms with Crippen LogP contribution in [0.15, 0.2) is 28.4 Å². The van der Waals surface area contributed by atoms with Crippen molar-refractivity contribution in [3.05, 3.63) is 23.4 Å². The van der Waals surface area contributed by atoms with Crippen molar-refractivity contribution in [2.75, 3.05) is 0 Å². The van der Waals surface area contributed by atoms with Crippen molar-refractivity contribution >= 4 is 5.71 Å². The van der Waals surface area contributed by atoms with Gasteiger partial charge in [0.15, 0.2) is 0 Å². The van der Waals surface area contributed by atoms with Crippen molar-refractivity contribution in [3.63, 3.8) is 0 Å². The molecule has 0 fully saturated rings. The molecule has 0 saturated carbocycles. The molecular weight excluding hydrogens is 239 g/mol. The molecule has 1 nitrogen and oxygen atoms in total. The minimum atomic E-state index is -4.38. The first kappa shape index (κ1) is 15.0. The molecule has 18 heavy (non-hydrogen) atoms. The molecule has 0 amide bonds. The molecule has 0 saturated heterocycles. The van der Waals surface area contributed by atoms with E-state index < -0.39 is 11.9 Å². The van der Waals surface area contributed by atoms with E-state index in [1.54, 1.807) is 6.92 Å². The van der Waals surface area contributed by atoms with Crippen LogP contribution < -0.4 is 0 Å². The number of allylic oxidation sites excluding steroid dienone is 4. The van der Waals surface area contributed by atoms with E-state index in [-0.39, 0.29) is 11.8 Å². The molecule has 0 spiro atoms. The van der Waals surface area contributed by atoms with E-state index in [4.69, 9.17) is 0 Å². The molecule has 1 aliphatic rings. The Balaban J connectivity index is 3.24. The first-order valence-electron chi connectivity index (χ1n) is 6.35. The van der Waals surface area contributed by atoms with Crippen LogP contribution in [0, 0.1) is 11.8 Å². The fourth-order valence-corrected chi connectivity index (χ4v) is 1.96. The van der Waals surface area contributed by atoms with E-state index in [1.807, 2.05) is 26.8 Å². The number of hydrogen-bond acceptors (Lipinski definition) is 1. The van der Waals surface area contributed by atoms with Gasteiger partial charge < -0.3 is 0 Å². The second kappa shape index (κ2) is 5.72. The Morgan fingerprint density at radius 1 is 1.33 bits per heavy atom. The highest BCUT2D eigenvalue weighted by molar-refractivity contribution is 5.87. The third-order valence-corrected chi connectivity index (χ3v) is 3.44. The van der Waals surface area contributed by atoms with Gasteiger partial charge in [0.1, 0.15) is 5.70 Å². The summed E-state index contributed by atoms with van der Waals surface area (Å²) in [5.74, 6) is 0.127. The smallest absolute Gasteiger partial charge is 0.252 e. The Morgan fingerprint density at radius 3 is 2.39 bits per heavy atom. The molecule has 0 aromatic rings. The zero-order valence-electron chi connectivity index (χ0n) is 11.3. The molecule has 2 atom stereocenters. The third-order valence-electron chi connectivity index (χ3n) is 3.44. The minimum absolute atomic E-state index is 0.00472. The topological polar surface area (TPSA) is 12.4 Å². The van der Waals surface area contributed by atoms with E-state index >= 15 is 0 Å². The zero-order chi connectivity index (χ0) is 13.9. The number of aliphatic imine (C=N–C) groups is 1. The van der Waals surface area contributed by atoms with Gasteiger partial charge in [-0.25, -0.2) is 0 Å². The summed E-state index contributed by atoms with van der Waals surface area (Å²) in [5.41, 5.74) is 0.513. The van der Waals surface area contributed by atoms with Crippen molar-refractivity contribution in [1.82, 2.24) is 0 Å². The van der Waals surface area contributed by atoms with E-state index in [2.05, 4.69) is 4.99 Å². The second-order valence-corrected chi connectivity index (χ2v) is 4.77. The zero-order valence-corrected chi connectivity index (χ0v) is 11.3. The summed E-state index contributed by atoms with van der Waals surface area (Å²) in [5, 5.41) is 0. The Morgan fingerprint density at radius 2 is 1.94 bits per heavy atom. The highest BCUT2D eigenvalue weighted by Crippen LogP contribution is 2.33. The maximum atomic E-state index is 12.9. The molecule has 1 heterocycles. The molecule has 0 bridgehead atoms. The first-order chi connectivity index (χ1) is 8.29. The van der Waals surface area contributed by atoms with Gasteiger partial charge in [0.2, 0.25) is 0 Å². The van der Waals surface area contributed by atoms with Crippen LogP contribution in [0.4, 0.5) is 13.2 Å². The van der Waals surface area contributed by atoms with Crippen LogP contribution in [0.1, 0.15) is 40.5 Å². The van der Waals surface area contributed by atoms with Crippen molar-refractivity contribution < 1.29 is 13.2 Å². The lowest BCUT2D eigenvalue weighted by Gasteiger charge is -2.13. The summed E-state index contributed by atoms with van der Waals surface area (Å²) < 4.78 is 38.6. The number of rotatable bonds is 3. The Kier molecular flexibility index (Phi) is 4.77. The monoisotopic (exact) mass is 259 g/mol. The van der Waals surface area contributed by atoms with Crippen molar-refractivity contribution in [3.8, 4) is 0 Å². The van der Waals surface area contributed by atoms with Crippen LogP contribution in [0.25, 0.3) is 0 Å². The van der Waals surface area contributed by atoms with Gasteiger partial charge in [0.05, 0.1) is 0 Å². The molecule has 102 valence electrons. The van der Waals surface area contributed by atoms with Gasteiger partial charge >= 0.3 is 6.18 Å². The minimum Gasteiger partial charge on any atom is -0.252 e. The molecule has 2 unspecified atom stereocenters. The van der Waals surface area contributed by atoms with E-state index in [9.17, 15) is 13.2 Å². The number of halogens is 3. The Hall–Kier alpha value is -1.06. The number of alkyl halides is 3. The molecule has 1 aliphatic heterocycles. The lowest BCUT2D eigenvalue weighted by Crippen LogP contribution is -2.13. The number of nitrogens with zero attached hydrogens (tertiary/aromatic N) is 1. The van der Waals surface area contributed by atoms with Crippen LogP contribution in [0.2, 0.25) is 0 Å². The van der Waals surface area contributed by atoms with E-state index in [0.717, 1.165) is 18.4 Å². The summed E-state index contributed by atoms with van der Waals surface area (Å²) >= 11 is 0. The van der Waals surface area contributed by atoms with Crippen molar-refractivity contribution in [1.29, 1.82) is 0 Å². The van der Waals surface area contributed by atoms with Crippen molar-refractivity contribution in [2.24, 2.45) is 16.8 Å². The Labute approximate surface area is 106 Å². The van der Waals surface area contributed by atoms with Crippen LogP contribution in [-0.4, -0.2) is 11.9 Å². The third kappa shape index (κ3) is 3.47. The first-order valence-corrected chi connectivity index (χ1v) is 6.35. The van der Waals surface area contributed by atoms with Gasteiger partial charge in [-0.2, -0.15) is 13.2 Å². The Bertz CT molecular complexity index is 388. The van der Waals surface area contributed by atoms with Gasteiger partial charge in [0, 0.05) is 11.6 Å². The molecule has 4 heteroatoms. The predicted molar refractivity (Wildman–Crippen MR) is 68.6 cm³/mol. The normalized spacial score (nSPS) is 22.8. The molecular formula is C14H20F3N. The molecule has 0 radical (unpaired) electrons. The molecule has 0 aromatic carbocycles. The second-order valence-electron chi connectivity index (χ2n) is 4.77. The predicted octanol–water partition coefficient (Wildman–Crippen LogP) is 4.91. The molecule has 1 rings (SSSR count). The molecule has 0 aliphatic carbocycles. The highest BCUT2D eigenvalue weighted by atomic mass is 19.4. The summed E-state index contributed by atoms with van der Waals surface area (Å²) in [6.45, 7) is 7.56. The molecule has 0 aromatic heterocycles. The van der Waals surface area contributed by atoms with Crippen LogP contribution in [0.3, 0.4) is 0 Å². The van der Waals surface area contributed by atoms with Gasteiger partial charge in [-0.05, 0) is 37.3 Å². The van der Waals surface area contributed by atoms with Crippen LogP contribution in [0.5, 0.6) is 0 Å². The standard InChI is InChI=1S/C14H20F3N/c1-5-9(3)12-7-11(6-2)10(4)18-13(8-12)14(15,16)17/h7-9,11H,5-6H2,1-4H3. The SMILES string of the molecule is CCC(C)C1=CC(CC)C(C)=NC(C(F)(F)F)=C1. The quantitative estimate of drug-likeness (QED) is 0.683. The average molecular weight is 259 g/mol. The average Bonchev–Trinajstić information content (AvgIpc) is 2.46. The highest BCUT2D eigenvalue weighted by Gasteiger charge is 2.35. The summed E-state index contributed by atoms with van der Waals surface area (Å²) in [7, 11) is 0. The summed E-state index contributed by atoms with van der Waals surface area (Å²) in [4.78, 5) is 3.77. The van der Waals surface area contributed by atoms with E-state index in [1.165, 1.54) is 6.08 Å². The number of hydrogen-bond donors (Lipinski definition) is 0. The van der Waals surface area contributed by atoms with Gasteiger partial charge in [-0.1, -0.05) is 26.8 Å². The van der Waals surface area contributed by atoms with Crippen LogP contribution in [-0.2, 0) is 0 Å². The maximum absolute atomic E-state index is 12.9. The van der Waals surface area contributed by atoms with Crippen molar-refractivity contribution in [2.45, 2.75) is 46.7 Å². The van der Waals surface area contributed by atoms with Gasteiger partial charge in [0.25, 0.3) is 0 Å². The fourth-order valence-electron chi connectivity index (χ4n) is 1.96. The fraction of sp³-hybridized carbons (Fsp3) is 0.643.